The van der Waals surface area contributed by atoms with E-state index >= 15 is 0 Å². The molecular weight excluding hydrogens is 232 g/mol. The molecule has 1 aliphatic carbocycles. The van der Waals surface area contributed by atoms with Crippen LogP contribution in [-0.2, 0) is 0 Å². The van der Waals surface area contributed by atoms with E-state index in [0.717, 1.165) is 6.54 Å². The molecule has 2 heteroatoms. The summed E-state index contributed by atoms with van der Waals surface area (Å²) in [4.78, 5) is 2.31. The fourth-order valence-corrected chi connectivity index (χ4v) is 3.23. The van der Waals surface area contributed by atoms with Crippen molar-refractivity contribution in [3.63, 3.8) is 0 Å². The van der Waals surface area contributed by atoms with E-state index in [0.29, 0.717) is 17.5 Å². The van der Waals surface area contributed by atoms with E-state index in [4.69, 9.17) is 0 Å². The van der Waals surface area contributed by atoms with Crippen LogP contribution in [0.1, 0.15) is 44.7 Å². The van der Waals surface area contributed by atoms with Crippen molar-refractivity contribution in [3.05, 3.63) is 35.9 Å². The van der Waals surface area contributed by atoms with Gasteiger partial charge in [0.05, 0.1) is 0 Å². The standard InChI is InChI=1S/C17H28N2/c1-17(2)12-8-11-16(17)18-13-15(19(3)4)14-9-6-5-7-10-14/h5-7,9-10,15-16,18H,8,11-13H2,1-4H3. The molecule has 0 radical (unpaired) electrons. The zero-order valence-corrected chi connectivity index (χ0v) is 12.8. The minimum Gasteiger partial charge on any atom is -0.312 e. The molecule has 19 heavy (non-hydrogen) atoms. The molecule has 1 N–H and O–H groups in total. The fraction of sp³-hybridized carbons (Fsp3) is 0.647. The van der Waals surface area contributed by atoms with Crippen molar-refractivity contribution in [1.29, 1.82) is 0 Å². The van der Waals surface area contributed by atoms with Gasteiger partial charge in [-0.3, -0.25) is 0 Å². The van der Waals surface area contributed by atoms with Gasteiger partial charge >= 0.3 is 0 Å². The Morgan fingerprint density at radius 2 is 1.95 bits per heavy atom. The predicted molar refractivity (Wildman–Crippen MR) is 82.3 cm³/mol. The summed E-state index contributed by atoms with van der Waals surface area (Å²) in [6.07, 6.45) is 4.03. The van der Waals surface area contributed by atoms with Gasteiger partial charge in [0.1, 0.15) is 0 Å². The van der Waals surface area contributed by atoms with Gasteiger partial charge in [-0.15, -0.1) is 0 Å². The lowest BCUT2D eigenvalue weighted by Gasteiger charge is -2.32. The molecule has 1 fully saturated rings. The van der Waals surface area contributed by atoms with E-state index in [1.54, 1.807) is 0 Å². The van der Waals surface area contributed by atoms with Crippen LogP contribution < -0.4 is 5.32 Å². The van der Waals surface area contributed by atoms with Crippen molar-refractivity contribution in [3.8, 4) is 0 Å². The minimum atomic E-state index is 0.452. The van der Waals surface area contributed by atoms with Crippen LogP contribution in [-0.4, -0.2) is 31.6 Å². The smallest absolute Gasteiger partial charge is 0.0466 e. The maximum atomic E-state index is 3.81. The van der Waals surface area contributed by atoms with Gasteiger partial charge in [0.15, 0.2) is 0 Å². The van der Waals surface area contributed by atoms with Gasteiger partial charge in [-0.05, 0) is 37.9 Å². The van der Waals surface area contributed by atoms with Gasteiger partial charge in [-0.1, -0.05) is 50.6 Å². The van der Waals surface area contributed by atoms with E-state index in [1.807, 2.05) is 0 Å². The average molecular weight is 260 g/mol. The largest absolute Gasteiger partial charge is 0.312 e. The number of nitrogens with zero attached hydrogens (tertiary/aromatic N) is 1. The molecule has 2 nitrogen and oxygen atoms in total. The monoisotopic (exact) mass is 260 g/mol. The minimum absolute atomic E-state index is 0.452. The van der Waals surface area contributed by atoms with Crippen molar-refractivity contribution in [1.82, 2.24) is 10.2 Å². The number of likely N-dealkylation sites (N-methyl/N-ethyl adjacent to an activating group) is 1. The first-order valence-electron chi connectivity index (χ1n) is 7.45. The first-order chi connectivity index (χ1) is 9.00. The molecule has 0 saturated heterocycles. The first-order valence-corrected chi connectivity index (χ1v) is 7.45. The zero-order valence-electron chi connectivity index (χ0n) is 12.8. The Morgan fingerprint density at radius 3 is 2.47 bits per heavy atom. The van der Waals surface area contributed by atoms with Crippen molar-refractivity contribution in [2.75, 3.05) is 20.6 Å². The molecule has 2 atom stereocenters. The molecule has 1 saturated carbocycles. The van der Waals surface area contributed by atoms with Crippen molar-refractivity contribution >= 4 is 0 Å². The molecule has 0 aliphatic heterocycles. The van der Waals surface area contributed by atoms with Gasteiger partial charge in [0.25, 0.3) is 0 Å². The number of rotatable bonds is 5. The van der Waals surface area contributed by atoms with E-state index in [9.17, 15) is 0 Å². The van der Waals surface area contributed by atoms with Crippen LogP contribution in [0.3, 0.4) is 0 Å². The second-order valence-corrected chi connectivity index (χ2v) is 6.73. The summed E-state index contributed by atoms with van der Waals surface area (Å²) in [5.41, 5.74) is 1.85. The van der Waals surface area contributed by atoms with Gasteiger partial charge in [-0.2, -0.15) is 0 Å². The molecule has 2 rings (SSSR count). The van der Waals surface area contributed by atoms with Gasteiger partial charge < -0.3 is 10.2 Å². The highest BCUT2D eigenvalue weighted by Crippen LogP contribution is 2.37. The van der Waals surface area contributed by atoms with Crippen LogP contribution in [0.15, 0.2) is 30.3 Å². The number of nitrogens with one attached hydrogen (secondary N) is 1. The lowest BCUT2D eigenvalue weighted by atomic mass is 9.87. The first kappa shape index (κ1) is 14.5. The summed E-state index contributed by atoms with van der Waals surface area (Å²) >= 11 is 0. The predicted octanol–water partition coefficient (Wildman–Crippen LogP) is 3.46. The van der Waals surface area contributed by atoms with Gasteiger partial charge in [0, 0.05) is 18.6 Å². The summed E-state index contributed by atoms with van der Waals surface area (Å²) in [6, 6.07) is 11.9. The quantitative estimate of drug-likeness (QED) is 0.872. The van der Waals surface area contributed by atoms with E-state index in [1.165, 1.54) is 24.8 Å². The molecule has 0 amide bonds. The molecule has 106 valence electrons. The Hall–Kier alpha value is -0.860. The lowest BCUT2D eigenvalue weighted by molar-refractivity contribution is 0.236. The zero-order chi connectivity index (χ0) is 13.9. The maximum absolute atomic E-state index is 3.81. The molecule has 1 aromatic rings. The second-order valence-electron chi connectivity index (χ2n) is 6.73. The van der Waals surface area contributed by atoms with E-state index in [-0.39, 0.29) is 0 Å². The third-order valence-corrected chi connectivity index (χ3v) is 4.62. The van der Waals surface area contributed by atoms with Crippen LogP contribution in [0.2, 0.25) is 0 Å². The summed E-state index contributed by atoms with van der Waals surface area (Å²) in [5.74, 6) is 0. The Labute approximate surface area is 118 Å². The van der Waals surface area contributed by atoms with Crippen molar-refractivity contribution in [2.24, 2.45) is 5.41 Å². The van der Waals surface area contributed by atoms with E-state index < -0.39 is 0 Å². The summed E-state index contributed by atoms with van der Waals surface area (Å²) in [5, 5.41) is 3.81. The van der Waals surface area contributed by atoms with Crippen LogP contribution in [0.25, 0.3) is 0 Å². The average Bonchev–Trinajstić information content (AvgIpc) is 2.70. The molecule has 1 aromatic carbocycles. The van der Waals surface area contributed by atoms with Gasteiger partial charge in [0.2, 0.25) is 0 Å². The van der Waals surface area contributed by atoms with Crippen LogP contribution >= 0.6 is 0 Å². The number of benzene rings is 1. The lowest BCUT2D eigenvalue weighted by Crippen LogP contribution is -2.42. The Kier molecular flexibility index (Phi) is 4.64. The topological polar surface area (TPSA) is 15.3 Å². The third-order valence-electron chi connectivity index (χ3n) is 4.62. The normalized spacial score (nSPS) is 23.7. The highest BCUT2D eigenvalue weighted by Gasteiger charge is 2.34. The van der Waals surface area contributed by atoms with Crippen LogP contribution in [0.5, 0.6) is 0 Å². The van der Waals surface area contributed by atoms with Gasteiger partial charge in [-0.25, -0.2) is 0 Å². The molecule has 0 spiro atoms. The Balaban J connectivity index is 1.99. The fourth-order valence-electron chi connectivity index (χ4n) is 3.23. The molecule has 2 unspecified atom stereocenters. The van der Waals surface area contributed by atoms with Crippen LogP contribution in [0, 0.1) is 5.41 Å². The van der Waals surface area contributed by atoms with Crippen LogP contribution in [0.4, 0.5) is 0 Å². The molecule has 0 aromatic heterocycles. The molecular formula is C17H28N2. The second kappa shape index (κ2) is 6.06. The molecule has 1 aliphatic rings. The SMILES string of the molecule is CN(C)C(CNC1CCCC1(C)C)c1ccccc1. The molecule has 0 heterocycles. The summed E-state index contributed by atoms with van der Waals surface area (Å²) in [7, 11) is 4.33. The van der Waals surface area contributed by atoms with Crippen molar-refractivity contribution < 1.29 is 0 Å². The Bertz CT molecular complexity index is 384. The summed E-state index contributed by atoms with van der Waals surface area (Å²) in [6.45, 7) is 5.82. The number of hydrogen-bond donors (Lipinski definition) is 1. The summed E-state index contributed by atoms with van der Waals surface area (Å²) < 4.78 is 0. The molecule has 0 bridgehead atoms. The third kappa shape index (κ3) is 3.58. The highest BCUT2D eigenvalue weighted by molar-refractivity contribution is 5.19. The Morgan fingerprint density at radius 1 is 1.26 bits per heavy atom. The van der Waals surface area contributed by atoms with E-state index in [2.05, 4.69) is 68.5 Å². The van der Waals surface area contributed by atoms with Crippen molar-refractivity contribution in [2.45, 2.75) is 45.2 Å². The highest BCUT2D eigenvalue weighted by atomic mass is 15.1. The maximum Gasteiger partial charge on any atom is 0.0466 e. The number of hydrogen-bond acceptors (Lipinski definition) is 2.